The number of hydrogen-bond acceptors (Lipinski definition) is 3. The van der Waals surface area contributed by atoms with Crippen molar-refractivity contribution in [2.45, 2.75) is 6.92 Å². The summed E-state index contributed by atoms with van der Waals surface area (Å²) >= 11 is 12.4. The third-order valence-electron chi connectivity index (χ3n) is 3.44. The maximum Gasteiger partial charge on any atom is 0.134 e. The first-order valence-corrected chi connectivity index (χ1v) is 7.23. The van der Waals surface area contributed by atoms with E-state index >= 15 is 0 Å². The highest BCUT2D eigenvalue weighted by Gasteiger charge is 2.12. The molecule has 1 aromatic carbocycles. The summed E-state index contributed by atoms with van der Waals surface area (Å²) in [7, 11) is 1.93. The molecule has 0 radical (unpaired) electrons. The zero-order valence-corrected chi connectivity index (χ0v) is 13.2. The summed E-state index contributed by atoms with van der Waals surface area (Å²) in [5.41, 5.74) is 1.74. The molecule has 0 spiro atoms. The van der Waals surface area contributed by atoms with Crippen LogP contribution in [0.5, 0.6) is 0 Å². The molecule has 0 atom stereocenters. The van der Waals surface area contributed by atoms with Gasteiger partial charge < -0.3 is 4.90 Å². The molecule has 0 unspecified atom stereocenters. The molecule has 3 rings (SSSR count). The number of anilines is 2. The number of fused-ring (bicyclic) bond motifs is 1. The van der Waals surface area contributed by atoms with Crippen LogP contribution in [0.3, 0.4) is 0 Å². The Kier molecular flexibility index (Phi) is 3.70. The second-order valence-corrected chi connectivity index (χ2v) is 5.59. The van der Waals surface area contributed by atoms with Crippen molar-refractivity contribution in [3.63, 3.8) is 0 Å². The molecule has 3 nitrogen and oxygen atoms in total. The molecule has 2 heterocycles. The molecular formula is C16H13Cl2N3. The predicted octanol–water partition coefficient (Wildman–Crippen LogP) is 5.01. The van der Waals surface area contributed by atoms with Crippen LogP contribution in [0.15, 0.2) is 42.6 Å². The van der Waals surface area contributed by atoms with Crippen LogP contribution >= 0.6 is 23.2 Å². The molecule has 5 heteroatoms. The fourth-order valence-electron chi connectivity index (χ4n) is 2.19. The lowest BCUT2D eigenvalue weighted by Crippen LogP contribution is -2.12. The van der Waals surface area contributed by atoms with Crippen molar-refractivity contribution in [3.8, 4) is 0 Å². The van der Waals surface area contributed by atoms with Crippen molar-refractivity contribution in [1.29, 1.82) is 0 Å². The van der Waals surface area contributed by atoms with Crippen molar-refractivity contribution in [3.05, 3.63) is 58.2 Å². The fraction of sp³-hybridized carbons (Fsp3) is 0.125. The quantitative estimate of drug-likeness (QED) is 0.665. The number of hydrogen-bond donors (Lipinski definition) is 0. The lowest BCUT2D eigenvalue weighted by molar-refractivity contribution is 1.09. The minimum absolute atomic E-state index is 0.611. The van der Waals surface area contributed by atoms with Crippen molar-refractivity contribution in [1.82, 2.24) is 9.97 Å². The first kappa shape index (κ1) is 14.1. The van der Waals surface area contributed by atoms with Crippen molar-refractivity contribution in [2.75, 3.05) is 11.9 Å². The monoisotopic (exact) mass is 317 g/mol. The van der Waals surface area contributed by atoms with E-state index in [9.17, 15) is 0 Å². The van der Waals surface area contributed by atoms with Crippen LogP contribution in [0.4, 0.5) is 11.6 Å². The fourth-order valence-corrected chi connectivity index (χ4v) is 2.71. The summed E-state index contributed by atoms with van der Waals surface area (Å²) in [6.07, 6.45) is 1.76. The molecule has 0 amide bonds. The third kappa shape index (κ3) is 2.55. The largest absolute Gasteiger partial charge is 0.314 e. The van der Waals surface area contributed by atoms with E-state index in [-0.39, 0.29) is 0 Å². The van der Waals surface area contributed by atoms with E-state index in [1.54, 1.807) is 12.3 Å². The maximum atomic E-state index is 6.23. The zero-order valence-electron chi connectivity index (χ0n) is 11.6. The van der Waals surface area contributed by atoms with E-state index in [1.165, 1.54) is 0 Å². The lowest BCUT2D eigenvalue weighted by atomic mass is 10.1. The van der Waals surface area contributed by atoms with E-state index in [0.717, 1.165) is 28.1 Å². The number of aromatic nitrogens is 2. The number of aryl methyl sites for hydroxylation is 1. The van der Waals surface area contributed by atoms with E-state index < -0.39 is 0 Å². The van der Waals surface area contributed by atoms with Crippen LogP contribution < -0.4 is 4.90 Å². The van der Waals surface area contributed by atoms with Crippen LogP contribution in [0.25, 0.3) is 10.9 Å². The van der Waals surface area contributed by atoms with Gasteiger partial charge in [0.25, 0.3) is 0 Å². The summed E-state index contributed by atoms with van der Waals surface area (Å²) in [6, 6.07) is 11.4. The molecular weight excluding hydrogens is 305 g/mol. The van der Waals surface area contributed by atoms with Gasteiger partial charge in [0.15, 0.2) is 0 Å². The highest BCUT2D eigenvalue weighted by atomic mass is 35.5. The topological polar surface area (TPSA) is 29.0 Å². The van der Waals surface area contributed by atoms with Crippen LogP contribution in [0.2, 0.25) is 10.0 Å². The Morgan fingerprint density at radius 1 is 1.00 bits per heavy atom. The minimum Gasteiger partial charge on any atom is -0.314 e. The molecule has 106 valence electrons. The van der Waals surface area contributed by atoms with Crippen LogP contribution in [0.1, 0.15) is 5.56 Å². The first-order chi connectivity index (χ1) is 10.1. The summed E-state index contributed by atoms with van der Waals surface area (Å²) in [5, 5.41) is 2.13. The zero-order chi connectivity index (χ0) is 15.0. The number of halogens is 2. The van der Waals surface area contributed by atoms with Gasteiger partial charge in [0.05, 0.1) is 10.5 Å². The Balaban J connectivity index is 2.15. The maximum absolute atomic E-state index is 6.23. The number of nitrogens with zero attached hydrogens (tertiary/aromatic N) is 3. The van der Waals surface area contributed by atoms with Gasteiger partial charge >= 0.3 is 0 Å². The average Bonchev–Trinajstić information content (AvgIpc) is 2.52. The minimum atomic E-state index is 0.611. The second kappa shape index (κ2) is 5.51. The van der Waals surface area contributed by atoms with Crippen LogP contribution in [0, 0.1) is 6.92 Å². The Morgan fingerprint density at radius 3 is 2.52 bits per heavy atom. The van der Waals surface area contributed by atoms with Gasteiger partial charge in [-0.1, -0.05) is 29.3 Å². The number of rotatable bonds is 2. The van der Waals surface area contributed by atoms with Gasteiger partial charge in [0, 0.05) is 23.7 Å². The van der Waals surface area contributed by atoms with E-state index in [0.29, 0.717) is 10.0 Å². The molecule has 0 fully saturated rings. The molecule has 0 aliphatic rings. The van der Waals surface area contributed by atoms with Gasteiger partial charge in [-0.25, -0.2) is 9.97 Å². The van der Waals surface area contributed by atoms with Gasteiger partial charge in [-0.3, -0.25) is 0 Å². The van der Waals surface area contributed by atoms with Gasteiger partial charge in [-0.05, 0) is 42.8 Å². The van der Waals surface area contributed by atoms with Gasteiger partial charge in [0.1, 0.15) is 11.6 Å². The normalized spacial score (nSPS) is 10.9. The SMILES string of the molecule is Cc1c(Cl)cc(Cl)c2ccc(N(C)c3ccccn3)nc12. The van der Waals surface area contributed by atoms with E-state index in [2.05, 4.69) is 9.97 Å². The molecule has 0 aliphatic heterocycles. The second-order valence-electron chi connectivity index (χ2n) is 4.78. The number of benzene rings is 1. The van der Waals surface area contributed by atoms with Crippen LogP contribution in [-0.4, -0.2) is 17.0 Å². The average molecular weight is 318 g/mol. The summed E-state index contributed by atoms with van der Waals surface area (Å²) in [5.74, 6) is 1.62. The summed E-state index contributed by atoms with van der Waals surface area (Å²) in [4.78, 5) is 10.9. The molecule has 0 bridgehead atoms. The van der Waals surface area contributed by atoms with Crippen molar-refractivity contribution < 1.29 is 0 Å². The molecule has 21 heavy (non-hydrogen) atoms. The summed E-state index contributed by atoms with van der Waals surface area (Å²) < 4.78 is 0. The molecule has 0 N–H and O–H groups in total. The third-order valence-corrected chi connectivity index (χ3v) is 4.15. The lowest BCUT2D eigenvalue weighted by Gasteiger charge is -2.18. The van der Waals surface area contributed by atoms with E-state index in [4.69, 9.17) is 23.2 Å². The standard InChI is InChI=1S/C16H13Cl2N3/c1-10-12(17)9-13(18)11-6-7-15(20-16(10)11)21(2)14-5-3-4-8-19-14/h3-9H,1-2H3. The number of pyridine rings is 2. The first-order valence-electron chi connectivity index (χ1n) is 6.48. The van der Waals surface area contributed by atoms with Crippen molar-refractivity contribution >= 4 is 45.7 Å². The summed E-state index contributed by atoms with van der Waals surface area (Å²) in [6.45, 7) is 1.94. The molecule has 0 saturated heterocycles. The predicted molar refractivity (Wildman–Crippen MR) is 88.8 cm³/mol. The Bertz CT molecular complexity index is 803. The van der Waals surface area contributed by atoms with E-state index in [1.807, 2.05) is 49.2 Å². The Hall–Kier alpha value is -1.84. The van der Waals surface area contributed by atoms with Crippen molar-refractivity contribution in [2.24, 2.45) is 0 Å². The smallest absolute Gasteiger partial charge is 0.134 e. The molecule has 2 aromatic heterocycles. The highest BCUT2D eigenvalue weighted by Crippen LogP contribution is 2.32. The highest BCUT2D eigenvalue weighted by molar-refractivity contribution is 6.39. The van der Waals surface area contributed by atoms with Gasteiger partial charge in [-0.2, -0.15) is 0 Å². The Labute approximate surface area is 133 Å². The Morgan fingerprint density at radius 2 is 1.81 bits per heavy atom. The van der Waals surface area contributed by atoms with Crippen LogP contribution in [-0.2, 0) is 0 Å². The molecule has 0 saturated carbocycles. The van der Waals surface area contributed by atoms with Gasteiger partial charge in [-0.15, -0.1) is 0 Å². The molecule has 3 aromatic rings. The molecule has 0 aliphatic carbocycles. The van der Waals surface area contributed by atoms with Gasteiger partial charge in [0.2, 0.25) is 0 Å².